The Morgan fingerprint density at radius 1 is 1.07 bits per heavy atom. The minimum Gasteiger partial charge on any atom is -0.507 e. The van der Waals surface area contributed by atoms with Crippen molar-refractivity contribution in [1.82, 2.24) is 4.90 Å². The summed E-state index contributed by atoms with van der Waals surface area (Å²) in [4.78, 5) is 37.7. The van der Waals surface area contributed by atoms with E-state index >= 15 is 0 Å². The maximum absolute atomic E-state index is 12.8. The predicted molar refractivity (Wildman–Crippen MR) is 105 cm³/mol. The predicted octanol–water partition coefficient (Wildman–Crippen LogP) is 2.98. The van der Waals surface area contributed by atoms with Crippen LogP contribution in [0.1, 0.15) is 30.0 Å². The largest absolute Gasteiger partial charge is 0.507 e. The second-order valence-corrected chi connectivity index (χ2v) is 6.63. The molecule has 0 saturated carbocycles. The van der Waals surface area contributed by atoms with Gasteiger partial charge in [0.05, 0.1) is 18.7 Å². The van der Waals surface area contributed by atoms with E-state index in [4.69, 9.17) is 9.84 Å². The first-order chi connectivity index (χ1) is 13.9. The van der Waals surface area contributed by atoms with E-state index in [2.05, 4.69) is 0 Å². The number of carbonyl (C=O) groups is 3. The highest BCUT2D eigenvalue weighted by molar-refractivity contribution is 6.46. The molecule has 0 aliphatic carbocycles. The van der Waals surface area contributed by atoms with Gasteiger partial charge in [0.1, 0.15) is 11.5 Å². The summed E-state index contributed by atoms with van der Waals surface area (Å²) in [7, 11) is 1.51. The molecular weight excluding hydrogens is 374 g/mol. The van der Waals surface area contributed by atoms with Crippen LogP contribution in [0.4, 0.5) is 0 Å². The molecule has 3 rings (SSSR count). The monoisotopic (exact) mass is 395 g/mol. The van der Waals surface area contributed by atoms with E-state index in [0.29, 0.717) is 16.9 Å². The van der Waals surface area contributed by atoms with Crippen LogP contribution in [0.15, 0.2) is 60.2 Å². The van der Waals surface area contributed by atoms with Crippen LogP contribution in [0.5, 0.6) is 5.75 Å². The molecule has 2 N–H and O–H groups in total. The van der Waals surface area contributed by atoms with Crippen LogP contribution >= 0.6 is 0 Å². The van der Waals surface area contributed by atoms with Gasteiger partial charge in [-0.2, -0.15) is 0 Å². The molecule has 2 aromatic carbocycles. The van der Waals surface area contributed by atoms with Crippen LogP contribution in [-0.2, 0) is 14.4 Å². The summed E-state index contributed by atoms with van der Waals surface area (Å²) in [5.41, 5.74) is 0.991. The van der Waals surface area contributed by atoms with E-state index in [1.807, 2.05) is 0 Å². The molecule has 1 heterocycles. The number of Topliss-reactive ketones (excluding diaryl/α,β-unsaturated/α-hetero) is 1. The fraction of sp³-hybridized carbons (Fsp3) is 0.227. The number of aliphatic hydroxyl groups is 1. The normalized spacial score (nSPS) is 18.1. The van der Waals surface area contributed by atoms with Gasteiger partial charge in [-0.25, -0.2) is 0 Å². The molecule has 150 valence electrons. The van der Waals surface area contributed by atoms with Crippen molar-refractivity contribution in [3.05, 3.63) is 71.3 Å². The number of hydrogen-bond donors (Lipinski definition) is 2. The number of nitrogens with zero attached hydrogens (tertiary/aromatic N) is 1. The molecule has 1 atom stereocenters. The van der Waals surface area contributed by atoms with Crippen LogP contribution in [0, 0.1) is 0 Å². The van der Waals surface area contributed by atoms with E-state index in [1.165, 1.54) is 12.0 Å². The van der Waals surface area contributed by atoms with Gasteiger partial charge in [0.15, 0.2) is 0 Å². The van der Waals surface area contributed by atoms with Crippen molar-refractivity contribution in [3.63, 3.8) is 0 Å². The Morgan fingerprint density at radius 2 is 1.79 bits per heavy atom. The first-order valence-corrected chi connectivity index (χ1v) is 9.13. The second-order valence-electron chi connectivity index (χ2n) is 6.63. The summed E-state index contributed by atoms with van der Waals surface area (Å²) >= 11 is 0. The summed E-state index contributed by atoms with van der Waals surface area (Å²) in [6.07, 6.45) is 0.0563. The molecule has 0 bridgehead atoms. The molecule has 29 heavy (non-hydrogen) atoms. The molecule has 7 heteroatoms. The third kappa shape index (κ3) is 4.13. The lowest BCUT2D eigenvalue weighted by Crippen LogP contribution is -2.31. The van der Waals surface area contributed by atoms with Gasteiger partial charge in [-0.05, 0) is 24.1 Å². The van der Waals surface area contributed by atoms with Crippen molar-refractivity contribution in [2.24, 2.45) is 0 Å². The summed E-state index contributed by atoms with van der Waals surface area (Å²) in [5, 5.41) is 19.8. The zero-order chi connectivity index (χ0) is 21.0. The van der Waals surface area contributed by atoms with Crippen LogP contribution in [0.3, 0.4) is 0 Å². The Morgan fingerprint density at radius 3 is 2.45 bits per heavy atom. The number of likely N-dealkylation sites (tertiary alicyclic amines) is 1. The number of rotatable bonds is 7. The summed E-state index contributed by atoms with van der Waals surface area (Å²) in [6.45, 7) is 0.0737. The van der Waals surface area contributed by atoms with Crippen molar-refractivity contribution in [3.8, 4) is 5.75 Å². The Labute approximate surface area is 167 Å². The highest BCUT2D eigenvalue weighted by Crippen LogP contribution is 2.40. The molecule has 0 spiro atoms. The highest BCUT2D eigenvalue weighted by atomic mass is 16.5. The number of aliphatic carboxylic acids is 1. The quantitative estimate of drug-likeness (QED) is 0.424. The van der Waals surface area contributed by atoms with E-state index < -0.39 is 23.7 Å². The van der Waals surface area contributed by atoms with Crippen molar-refractivity contribution < 1.29 is 29.3 Å². The second kappa shape index (κ2) is 8.60. The Balaban J connectivity index is 2.10. The number of hydrogen-bond acceptors (Lipinski definition) is 5. The third-order valence-corrected chi connectivity index (χ3v) is 4.79. The maximum atomic E-state index is 12.8. The van der Waals surface area contributed by atoms with Gasteiger partial charge in [0.2, 0.25) is 0 Å². The minimum absolute atomic E-state index is 0.0234. The highest BCUT2D eigenvalue weighted by Gasteiger charge is 2.45. The number of amides is 1. The van der Waals surface area contributed by atoms with Gasteiger partial charge >= 0.3 is 5.97 Å². The van der Waals surface area contributed by atoms with Gasteiger partial charge in [-0.3, -0.25) is 14.4 Å². The first kappa shape index (κ1) is 20.1. The molecule has 7 nitrogen and oxygen atoms in total. The molecule has 1 aliphatic heterocycles. The lowest BCUT2D eigenvalue weighted by Gasteiger charge is -2.25. The first-order valence-electron chi connectivity index (χ1n) is 9.13. The maximum Gasteiger partial charge on any atom is 0.303 e. The summed E-state index contributed by atoms with van der Waals surface area (Å²) in [5.74, 6) is -2.27. The molecule has 0 radical (unpaired) electrons. The minimum atomic E-state index is -0.983. The van der Waals surface area contributed by atoms with Crippen molar-refractivity contribution in [2.75, 3.05) is 13.7 Å². The Kier molecular flexibility index (Phi) is 5.97. The lowest BCUT2D eigenvalue weighted by molar-refractivity contribution is -0.140. The molecule has 1 amide bonds. The number of carbonyl (C=O) groups excluding carboxylic acids is 2. The van der Waals surface area contributed by atoms with Crippen LogP contribution in [0.25, 0.3) is 5.76 Å². The average Bonchev–Trinajstić information content (AvgIpc) is 2.98. The number of methoxy groups -OCH3 is 1. The van der Waals surface area contributed by atoms with Crippen molar-refractivity contribution in [2.45, 2.75) is 18.9 Å². The number of carboxylic acid groups (broad SMARTS) is 1. The van der Waals surface area contributed by atoms with Gasteiger partial charge < -0.3 is 19.8 Å². The Hall–Kier alpha value is -3.61. The molecule has 1 fully saturated rings. The van der Waals surface area contributed by atoms with Gasteiger partial charge in [0.25, 0.3) is 11.7 Å². The van der Waals surface area contributed by atoms with Crippen LogP contribution in [0.2, 0.25) is 0 Å². The third-order valence-electron chi connectivity index (χ3n) is 4.79. The standard InChI is InChI=1S/C22H21NO6/c1-29-16-10-5-9-15(13-16)19-18(20(26)14-7-3-2-4-8-14)21(27)22(28)23(19)12-6-11-17(24)25/h2-5,7-10,13,19,26H,6,11-12H2,1H3,(H,24,25)/b20-18-. The van der Waals surface area contributed by atoms with Gasteiger partial charge in [-0.1, -0.05) is 42.5 Å². The van der Waals surface area contributed by atoms with E-state index in [-0.39, 0.29) is 30.7 Å². The average molecular weight is 395 g/mol. The number of aliphatic hydroxyl groups excluding tert-OH is 1. The lowest BCUT2D eigenvalue weighted by atomic mass is 9.95. The van der Waals surface area contributed by atoms with E-state index in [0.717, 1.165) is 0 Å². The van der Waals surface area contributed by atoms with Crippen molar-refractivity contribution >= 4 is 23.4 Å². The SMILES string of the molecule is COc1cccc(C2/C(=C(/O)c3ccccc3)C(=O)C(=O)N2CCCC(=O)O)c1. The van der Waals surface area contributed by atoms with Gasteiger partial charge in [-0.15, -0.1) is 0 Å². The van der Waals surface area contributed by atoms with E-state index in [9.17, 15) is 19.5 Å². The summed E-state index contributed by atoms with van der Waals surface area (Å²) in [6, 6.07) is 14.6. The van der Waals surface area contributed by atoms with E-state index in [1.54, 1.807) is 54.6 Å². The molecule has 1 unspecified atom stereocenters. The number of ether oxygens (including phenoxy) is 1. The topological polar surface area (TPSA) is 104 Å². The molecular formula is C22H21NO6. The van der Waals surface area contributed by atoms with Crippen molar-refractivity contribution in [1.29, 1.82) is 0 Å². The van der Waals surface area contributed by atoms with Gasteiger partial charge in [0, 0.05) is 18.5 Å². The smallest absolute Gasteiger partial charge is 0.303 e. The number of benzene rings is 2. The molecule has 1 saturated heterocycles. The fourth-order valence-electron chi connectivity index (χ4n) is 3.42. The zero-order valence-electron chi connectivity index (χ0n) is 15.9. The molecule has 1 aliphatic rings. The van der Waals surface area contributed by atoms with Crippen LogP contribution in [-0.4, -0.2) is 46.4 Å². The molecule has 2 aromatic rings. The number of carboxylic acids is 1. The molecule has 0 aromatic heterocycles. The Bertz CT molecular complexity index is 966. The van der Waals surface area contributed by atoms with Crippen LogP contribution < -0.4 is 4.74 Å². The zero-order valence-corrected chi connectivity index (χ0v) is 15.9. The fourth-order valence-corrected chi connectivity index (χ4v) is 3.42. The summed E-state index contributed by atoms with van der Waals surface area (Å²) < 4.78 is 5.25. The number of ketones is 1.